The van der Waals surface area contributed by atoms with Gasteiger partial charge in [-0.05, 0) is 31.5 Å². The Bertz CT molecular complexity index is 723. The summed E-state index contributed by atoms with van der Waals surface area (Å²) in [6, 6.07) is 5.28. The molecule has 1 unspecified atom stereocenters. The second-order valence-electron chi connectivity index (χ2n) is 5.50. The molecule has 3 rings (SSSR count). The maximum absolute atomic E-state index is 12.0. The van der Waals surface area contributed by atoms with Gasteiger partial charge < -0.3 is 20.3 Å². The highest BCUT2D eigenvalue weighted by molar-refractivity contribution is 5.96. The van der Waals surface area contributed by atoms with E-state index in [4.69, 9.17) is 0 Å². The van der Waals surface area contributed by atoms with Crippen molar-refractivity contribution in [2.24, 2.45) is 0 Å². The predicted octanol–water partition coefficient (Wildman–Crippen LogP) is 1.18. The fraction of sp³-hybridized carbons (Fsp3) is 0.400. The van der Waals surface area contributed by atoms with Crippen molar-refractivity contribution in [1.82, 2.24) is 14.9 Å². The van der Waals surface area contributed by atoms with Crippen molar-refractivity contribution in [3.8, 4) is 0 Å². The molecule has 2 aromatic rings. The van der Waals surface area contributed by atoms with Crippen LogP contribution in [0.4, 0.5) is 5.69 Å². The number of carbonyl (C=O) groups excluding carboxylic acids is 2. The highest BCUT2D eigenvalue weighted by atomic mass is 16.3. The van der Waals surface area contributed by atoms with Crippen LogP contribution in [0.3, 0.4) is 0 Å². The molecular formula is C15H18N4O3. The monoisotopic (exact) mass is 302 g/mol. The van der Waals surface area contributed by atoms with Crippen molar-refractivity contribution in [2.75, 3.05) is 18.4 Å². The molecule has 2 amide bonds. The van der Waals surface area contributed by atoms with E-state index in [-0.39, 0.29) is 18.4 Å². The van der Waals surface area contributed by atoms with E-state index < -0.39 is 6.10 Å². The van der Waals surface area contributed by atoms with Gasteiger partial charge in [-0.25, -0.2) is 4.98 Å². The summed E-state index contributed by atoms with van der Waals surface area (Å²) in [5, 5.41) is 12.3. The molecule has 0 aliphatic carbocycles. The minimum absolute atomic E-state index is 0.0285. The number of hydrogen-bond donors (Lipinski definition) is 3. The van der Waals surface area contributed by atoms with Crippen LogP contribution in [0, 0.1) is 0 Å². The first-order chi connectivity index (χ1) is 10.5. The van der Waals surface area contributed by atoms with E-state index in [1.54, 1.807) is 30.0 Å². The lowest BCUT2D eigenvalue weighted by Gasteiger charge is -2.14. The van der Waals surface area contributed by atoms with E-state index in [9.17, 15) is 14.7 Å². The Kier molecular flexibility index (Phi) is 3.81. The number of benzene rings is 1. The van der Waals surface area contributed by atoms with Crippen LogP contribution in [-0.4, -0.2) is 44.9 Å². The van der Waals surface area contributed by atoms with E-state index >= 15 is 0 Å². The lowest BCUT2D eigenvalue weighted by molar-refractivity contribution is -0.131. The maximum Gasteiger partial charge on any atom is 0.243 e. The van der Waals surface area contributed by atoms with Crippen molar-refractivity contribution < 1.29 is 14.7 Å². The SMILES string of the molecule is CC(O)c1nc2ccc(NC(=O)CN3CCCC3=O)cc2[nH]1. The second kappa shape index (κ2) is 5.76. The lowest BCUT2D eigenvalue weighted by Crippen LogP contribution is -2.33. The van der Waals surface area contributed by atoms with E-state index in [1.807, 2.05) is 0 Å². The number of carbonyl (C=O) groups is 2. The van der Waals surface area contributed by atoms with Crippen molar-refractivity contribution in [3.05, 3.63) is 24.0 Å². The summed E-state index contributed by atoms with van der Waals surface area (Å²) in [7, 11) is 0. The van der Waals surface area contributed by atoms with Crippen LogP contribution in [-0.2, 0) is 9.59 Å². The molecule has 0 saturated carbocycles. The van der Waals surface area contributed by atoms with Gasteiger partial charge in [0.2, 0.25) is 11.8 Å². The van der Waals surface area contributed by atoms with E-state index in [2.05, 4.69) is 15.3 Å². The van der Waals surface area contributed by atoms with Gasteiger partial charge in [-0.1, -0.05) is 0 Å². The zero-order chi connectivity index (χ0) is 15.7. The fourth-order valence-corrected chi connectivity index (χ4v) is 2.55. The van der Waals surface area contributed by atoms with Gasteiger partial charge in [-0.3, -0.25) is 9.59 Å². The van der Waals surface area contributed by atoms with Gasteiger partial charge in [0.25, 0.3) is 0 Å². The van der Waals surface area contributed by atoms with E-state index in [0.29, 0.717) is 24.5 Å². The van der Waals surface area contributed by atoms with Crippen LogP contribution in [0.1, 0.15) is 31.7 Å². The van der Waals surface area contributed by atoms with Crippen LogP contribution in [0.25, 0.3) is 11.0 Å². The number of anilines is 1. The van der Waals surface area contributed by atoms with Gasteiger partial charge in [0.1, 0.15) is 11.9 Å². The summed E-state index contributed by atoms with van der Waals surface area (Å²) in [4.78, 5) is 32.3. The van der Waals surface area contributed by atoms with Gasteiger partial charge in [-0.15, -0.1) is 0 Å². The number of aromatic nitrogens is 2. The molecule has 22 heavy (non-hydrogen) atoms. The average molecular weight is 302 g/mol. The van der Waals surface area contributed by atoms with Crippen LogP contribution < -0.4 is 5.32 Å². The van der Waals surface area contributed by atoms with Crippen molar-refractivity contribution >= 4 is 28.5 Å². The van der Waals surface area contributed by atoms with Crippen LogP contribution >= 0.6 is 0 Å². The number of aliphatic hydroxyl groups is 1. The van der Waals surface area contributed by atoms with Crippen LogP contribution in [0.2, 0.25) is 0 Å². The number of imidazole rings is 1. The summed E-state index contributed by atoms with van der Waals surface area (Å²) in [6.07, 6.45) is 0.663. The zero-order valence-corrected chi connectivity index (χ0v) is 12.3. The Morgan fingerprint density at radius 1 is 1.55 bits per heavy atom. The Morgan fingerprint density at radius 2 is 2.36 bits per heavy atom. The lowest BCUT2D eigenvalue weighted by atomic mass is 10.2. The number of fused-ring (bicyclic) bond motifs is 1. The van der Waals surface area contributed by atoms with E-state index in [1.165, 1.54) is 0 Å². The second-order valence-corrected chi connectivity index (χ2v) is 5.50. The molecule has 1 fully saturated rings. The van der Waals surface area contributed by atoms with Gasteiger partial charge in [0.15, 0.2) is 0 Å². The summed E-state index contributed by atoms with van der Waals surface area (Å²) in [5.41, 5.74) is 2.10. The number of amides is 2. The minimum Gasteiger partial charge on any atom is -0.385 e. The Hall–Kier alpha value is -2.41. The number of H-pyrrole nitrogens is 1. The Morgan fingerprint density at radius 3 is 3.05 bits per heavy atom. The maximum atomic E-state index is 12.0. The first-order valence-corrected chi connectivity index (χ1v) is 7.28. The zero-order valence-electron chi connectivity index (χ0n) is 12.3. The topological polar surface area (TPSA) is 98.3 Å². The number of nitrogens with zero attached hydrogens (tertiary/aromatic N) is 2. The van der Waals surface area contributed by atoms with Crippen LogP contribution in [0.5, 0.6) is 0 Å². The number of aliphatic hydroxyl groups excluding tert-OH is 1. The molecule has 7 nitrogen and oxygen atoms in total. The number of aromatic amines is 1. The quantitative estimate of drug-likeness (QED) is 0.789. The van der Waals surface area contributed by atoms with Crippen molar-refractivity contribution in [1.29, 1.82) is 0 Å². The number of hydrogen-bond acceptors (Lipinski definition) is 4. The minimum atomic E-state index is -0.674. The molecule has 1 aromatic carbocycles. The third kappa shape index (κ3) is 2.94. The highest BCUT2D eigenvalue weighted by Gasteiger charge is 2.22. The van der Waals surface area contributed by atoms with Gasteiger partial charge in [0, 0.05) is 18.7 Å². The third-order valence-corrected chi connectivity index (χ3v) is 3.69. The number of nitrogens with one attached hydrogen (secondary N) is 2. The van der Waals surface area contributed by atoms with Crippen molar-refractivity contribution in [2.45, 2.75) is 25.9 Å². The predicted molar refractivity (Wildman–Crippen MR) is 81.2 cm³/mol. The number of rotatable bonds is 4. The standard InChI is InChI=1S/C15H18N4O3/c1-9(20)15-17-11-5-4-10(7-12(11)18-15)16-13(21)8-19-6-2-3-14(19)22/h4-5,7,9,20H,2-3,6,8H2,1H3,(H,16,21)(H,17,18). The summed E-state index contributed by atoms with van der Waals surface area (Å²) < 4.78 is 0. The molecule has 1 saturated heterocycles. The molecular weight excluding hydrogens is 284 g/mol. The summed E-state index contributed by atoms with van der Waals surface area (Å²) in [5.74, 6) is 0.298. The molecule has 0 bridgehead atoms. The first kappa shape index (κ1) is 14.5. The smallest absolute Gasteiger partial charge is 0.243 e. The van der Waals surface area contributed by atoms with Gasteiger partial charge >= 0.3 is 0 Å². The summed E-state index contributed by atoms with van der Waals surface area (Å²) in [6.45, 7) is 2.36. The highest BCUT2D eigenvalue weighted by Crippen LogP contribution is 2.20. The molecule has 116 valence electrons. The van der Waals surface area contributed by atoms with Crippen LogP contribution in [0.15, 0.2) is 18.2 Å². The molecule has 1 aromatic heterocycles. The molecule has 1 aliphatic rings. The summed E-state index contributed by atoms with van der Waals surface area (Å²) >= 11 is 0. The Balaban J connectivity index is 1.70. The fourth-order valence-electron chi connectivity index (χ4n) is 2.55. The molecule has 3 N–H and O–H groups in total. The first-order valence-electron chi connectivity index (χ1n) is 7.28. The largest absolute Gasteiger partial charge is 0.385 e. The molecule has 2 heterocycles. The molecule has 1 atom stereocenters. The number of likely N-dealkylation sites (tertiary alicyclic amines) is 1. The molecule has 1 aliphatic heterocycles. The molecule has 7 heteroatoms. The molecule has 0 radical (unpaired) electrons. The van der Waals surface area contributed by atoms with Crippen molar-refractivity contribution in [3.63, 3.8) is 0 Å². The molecule has 0 spiro atoms. The normalized spacial score (nSPS) is 16.3. The third-order valence-electron chi connectivity index (χ3n) is 3.69. The van der Waals surface area contributed by atoms with Gasteiger partial charge in [-0.2, -0.15) is 0 Å². The Labute approximate surface area is 127 Å². The average Bonchev–Trinajstić information content (AvgIpc) is 3.05. The van der Waals surface area contributed by atoms with E-state index in [0.717, 1.165) is 17.5 Å². The van der Waals surface area contributed by atoms with Gasteiger partial charge in [0.05, 0.1) is 17.6 Å².